The van der Waals surface area contributed by atoms with Crippen LogP contribution in [0.2, 0.25) is 18.1 Å². The fourth-order valence-electron chi connectivity index (χ4n) is 3.33. The van der Waals surface area contributed by atoms with Gasteiger partial charge in [-0.25, -0.2) is 4.79 Å². The van der Waals surface area contributed by atoms with Crippen LogP contribution < -0.4 is 0 Å². The van der Waals surface area contributed by atoms with Crippen molar-refractivity contribution in [1.29, 1.82) is 0 Å². The molecule has 1 heterocycles. The van der Waals surface area contributed by atoms with Crippen molar-refractivity contribution >= 4 is 20.3 Å². The number of hydrogen-bond donors (Lipinski definition) is 0. The molecule has 4 atom stereocenters. The first-order chi connectivity index (χ1) is 15.9. The quantitative estimate of drug-likeness (QED) is 0.274. The summed E-state index contributed by atoms with van der Waals surface area (Å²) in [5.74, 6) is -1.14. The Bertz CT molecular complexity index is 798. The normalized spacial score (nSPS) is 22.3. The molecular weight excluding hydrogens is 458 g/mol. The molecule has 0 unspecified atom stereocenters. The van der Waals surface area contributed by atoms with Gasteiger partial charge in [0.2, 0.25) is 0 Å². The molecule has 0 N–H and O–H groups in total. The van der Waals surface area contributed by atoms with E-state index in [0.717, 1.165) is 5.56 Å². The zero-order valence-electron chi connectivity index (χ0n) is 21.5. The van der Waals surface area contributed by atoms with E-state index in [4.69, 9.17) is 28.2 Å². The van der Waals surface area contributed by atoms with E-state index in [2.05, 4.69) is 33.9 Å². The maximum atomic E-state index is 13.1. The van der Waals surface area contributed by atoms with Gasteiger partial charge in [0.25, 0.3) is 0 Å². The number of hydrogen-bond acceptors (Lipinski definition) is 9. The first-order valence-corrected chi connectivity index (χ1v) is 14.3. The van der Waals surface area contributed by atoms with Gasteiger partial charge in [-0.15, -0.1) is 0 Å². The summed E-state index contributed by atoms with van der Waals surface area (Å²) in [4.78, 5) is 30.8. The highest BCUT2D eigenvalue weighted by molar-refractivity contribution is 6.74. The first-order valence-electron chi connectivity index (χ1n) is 11.4. The number of benzene rings is 1. The number of carbonyl (C=O) groups is 2. The monoisotopic (exact) mass is 497 g/mol. The van der Waals surface area contributed by atoms with Gasteiger partial charge in [-0.1, -0.05) is 51.1 Å². The van der Waals surface area contributed by atoms with Crippen LogP contribution in [-0.2, 0) is 44.3 Å². The molecule has 0 radical (unpaired) electrons. The zero-order valence-corrected chi connectivity index (χ0v) is 22.5. The zero-order chi connectivity index (χ0) is 25.5. The Morgan fingerprint density at radius 1 is 1.15 bits per heavy atom. The second-order valence-electron chi connectivity index (χ2n) is 9.80. The SMILES string of the molecule is COC(=O)CON(Cc1ccccc1)[C@H](C(=O)OC)[C@@H]1O[C@H](C)OC[C@H]1O[Si](C)(C)C(C)(C)C. The lowest BCUT2D eigenvalue weighted by molar-refractivity contribution is -0.286. The predicted octanol–water partition coefficient (Wildman–Crippen LogP) is 3.29. The van der Waals surface area contributed by atoms with Crippen molar-refractivity contribution in [2.24, 2.45) is 0 Å². The van der Waals surface area contributed by atoms with Crippen molar-refractivity contribution in [3.63, 3.8) is 0 Å². The topological polar surface area (TPSA) is 92.8 Å². The third-order valence-electron chi connectivity index (χ3n) is 6.28. The van der Waals surface area contributed by atoms with Crippen LogP contribution in [0.3, 0.4) is 0 Å². The molecular formula is C24H39NO8Si. The molecule has 2 rings (SSSR count). The molecule has 9 nitrogen and oxygen atoms in total. The third kappa shape index (κ3) is 7.59. The summed E-state index contributed by atoms with van der Waals surface area (Å²) in [6.07, 6.45) is -1.86. The lowest BCUT2D eigenvalue weighted by Crippen LogP contribution is -2.61. The summed E-state index contributed by atoms with van der Waals surface area (Å²) < 4.78 is 28.4. The van der Waals surface area contributed by atoms with Crippen LogP contribution in [0.4, 0.5) is 0 Å². The Balaban J connectivity index is 2.44. The van der Waals surface area contributed by atoms with E-state index in [-0.39, 0.29) is 24.8 Å². The Hall–Kier alpha value is -1.82. The molecule has 1 saturated heterocycles. The summed E-state index contributed by atoms with van der Waals surface area (Å²) in [6, 6.07) is 8.46. The number of nitrogens with zero attached hydrogens (tertiary/aromatic N) is 1. The molecule has 1 fully saturated rings. The van der Waals surface area contributed by atoms with Crippen molar-refractivity contribution in [1.82, 2.24) is 5.06 Å². The van der Waals surface area contributed by atoms with Crippen LogP contribution in [-0.4, -0.2) is 77.3 Å². The maximum absolute atomic E-state index is 13.1. The molecule has 1 aromatic rings. The highest BCUT2D eigenvalue weighted by Crippen LogP contribution is 2.39. The lowest BCUT2D eigenvalue weighted by Gasteiger charge is -2.46. The summed E-state index contributed by atoms with van der Waals surface area (Å²) in [5.41, 5.74) is 0.878. The fourth-order valence-corrected chi connectivity index (χ4v) is 4.64. The van der Waals surface area contributed by atoms with Crippen LogP contribution in [0.1, 0.15) is 33.3 Å². The van der Waals surface area contributed by atoms with Crippen LogP contribution >= 0.6 is 0 Å². The van der Waals surface area contributed by atoms with Crippen LogP contribution in [0, 0.1) is 0 Å². The van der Waals surface area contributed by atoms with Crippen LogP contribution in [0.25, 0.3) is 0 Å². The van der Waals surface area contributed by atoms with Gasteiger partial charge in [0.1, 0.15) is 6.10 Å². The van der Waals surface area contributed by atoms with E-state index in [1.165, 1.54) is 19.3 Å². The highest BCUT2D eigenvalue weighted by Gasteiger charge is 2.49. The summed E-state index contributed by atoms with van der Waals surface area (Å²) >= 11 is 0. The smallest absolute Gasteiger partial charge is 0.333 e. The largest absolute Gasteiger partial charge is 0.468 e. The number of methoxy groups -OCH3 is 2. The third-order valence-corrected chi connectivity index (χ3v) is 10.8. The molecule has 1 aliphatic heterocycles. The van der Waals surface area contributed by atoms with Crippen molar-refractivity contribution in [3.05, 3.63) is 35.9 Å². The lowest BCUT2D eigenvalue weighted by atomic mass is 10.0. The van der Waals surface area contributed by atoms with E-state index in [1.807, 2.05) is 30.3 Å². The Morgan fingerprint density at radius 3 is 2.35 bits per heavy atom. The minimum atomic E-state index is -2.24. The maximum Gasteiger partial charge on any atom is 0.333 e. The van der Waals surface area contributed by atoms with Gasteiger partial charge < -0.3 is 23.4 Å². The average molecular weight is 498 g/mol. The van der Waals surface area contributed by atoms with Crippen molar-refractivity contribution in [3.8, 4) is 0 Å². The molecule has 0 bridgehead atoms. The van der Waals surface area contributed by atoms with Crippen molar-refractivity contribution in [2.75, 3.05) is 27.4 Å². The highest BCUT2D eigenvalue weighted by atomic mass is 28.4. The number of hydroxylamine groups is 2. The van der Waals surface area contributed by atoms with Gasteiger partial charge in [0.05, 0.1) is 33.5 Å². The van der Waals surface area contributed by atoms with Gasteiger partial charge in [0, 0.05) is 0 Å². The Labute approximate surface area is 203 Å². The van der Waals surface area contributed by atoms with E-state index in [9.17, 15) is 9.59 Å². The molecule has 10 heteroatoms. The van der Waals surface area contributed by atoms with E-state index in [1.54, 1.807) is 6.92 Å². The van der Waals surface area contributed by atoms with Crippen molar-refractivity contribution < 1.29 is 37.8 Å². The molecule has 0 spiro atoms. The fraction of sp³-hybridized carbons (Fsp3) is 0.667. The molecule has 0 aliphatic carbocycles. The molecule has 1 aliphatic rings. The predicted molar refractivity (Wildman–Crippen MR) is 128 cm³/mol. The molecule has 34 heavy (non-hydrogen) atoms. The van der Waals surface area contributed by atoms with E-state index in [0.29, 0.717) is 0 Å². The standard InChI is InChI=1S/C24H39NO8Si/c1-17-30-15-19(33-34(7,8)24(2,3)4)22(32-17)21(23(27)29-6)25(31-16-20(26)28-5)14-18-12-10-9-11-13-18/h9-13,17,19,21-22H,14-16H2,1-8H3/t17-,19-,21+,22-/m1/s1. The minimum absolute atomic E-state index is 0.0630. The Kier molecular flexibility index (Phi) is 10.2. The number of ether oxygens (including phenoxy) is 4. The summed E-state index contributed by atoms with van der Waals surface area (Å²) in [6.45, 7) is 12.5. The molecule has 192 valence electrons. The minimum Gasteiger partial charge on any atom is -0.468 e. The molecule has 1 aromatic carbocycles. The van der Waals surface area contributed by atoms with E-state index >= 15 is 0 Å². The Morgan fingerprint density at radius 2 is 1.79 bits per heavy atom. The van der Waals surface area contributed by atoms with Crippen molar-refractivity contribution in [2.45, 2.75) is 76.9 Å². The molecule has 0 aromatic heterocycles. The molecule has 0 saturated carbocycles. The van der Waals surface area contributed by atoms with Gasteiger partial charge in [-0.05, 0) is 30.6 Å². The number of carbonyl (C=O) groups excluding carboxylic acids is 2. The second-order valence-corrected chi connectivity index (χ2v) is 14.6. The van der Waals surface area contributed by atoms with Crippen LogP contribution in [0.5, 0.6) is 0 Å². The first kappa shape index (κ1) is 28.4. The van der Waals surface area contributed by atoms with Gasteiger partial charge in [0.15, 0.2) is 27.3 Å². The summed E-state index contributed by atoms with van der Waals surface area (Å²) in [7, 11) is 0.340. The second kappa shape index (κ2) is 12.2. The van der Waals surface area contributed by atoms with Crippen LogP contribution in [0.15, 0.2) is 30.3 Å². The van der Waals surface area contributed by atoms with Gasteiger partial charge in [-0.2, -0.15) is 5.06 Å². The van der Waals surface area contributed by atoms with Gasteiger partial charge >= 0.3 is 11.9 Å². The average Bonchev–Trinajstić information content (AvgIpc) is 2.78. The molecule has 0 amide bonds. The van der Waals surface area contributed by atoms with E-state index < -0.39 is 44.8 Å². The number of rotatable bonds is 10. The number of esters is 2. The summed E-state index contributed by atoms with van der Waals surface area (Å²) in [5, 5.41) is 1.36. The van der Waals surface area contributed by atoms with Gasteiger partial charge in [-0.3, -0.25) is 9.63 Å².